The molecule has 1 amide bonds. The van der Waals surface area contributed by atoms with Gasteiger partial charge in [0.15, 0.2) is 15.7 Å². The third-order valence-electron chi connectivity index (χ3n) is 5.77. The molecule has 1 aromatic heterocycles. The minimum atomic E-state index is -3.04. The Bertz CT molecular complexity index is 988. The second-order valence-electron chi connectivity index (χ2n) is 7.91. The number of benzene rings is 1. The number of aromatic nitrogens is 3. The van der Waals surface area contributed by atoms with E-state index in [-0.39, 0.29) is 35.2 Å². The van der Waals surface area contributed by atoms with Crippen molar-refractivity contribution in [2.24, 2.45) is 0 Å². The highest BCUT2D eigenvalue weighted by Crippen LogP contribution is 2.30. The van der Waals surface area contributed by atoms with E-state index in [2.05, 4.69) is 31.1 Å². The molecule has 2 heterocycles. The maximum Gasteiger partial charge on any atom is 0.233 e. The van der Waals surface area contributed by atoms with E-state index >= 15 is 0 Å². The van der Waals surface area contributed by atoms with E-state index in [0.29, 0.717) is 17.4 Å². The monoisotopic (exact) mass is 512 g/mol. The van der Waals surface area contributed by atoms with Crippen LogP contribution in [0.15, 0.2) is 33.9 Å². The van der Waals surface area contributed by atoms with Gasteiger partial charge in [0.25, 0.3) is 0 Å². The third kappa shape index (κ3) is 5.26. The molecule has 1 aliphatic heterocycles. The average molecular weight is 513 g/mol. The van der Waals surface area contributed by atoms with Crippen LogP contribution in [0.3, 0.4) is 0 Å². The first-order chi connectivity index (χ1) is 14.4. The van der Waals surface area contributed by atoms with Crippen molar-refractivity contribution >= 4 is 43.4 Å². The SMILES string of the molecule is O=C(CSc1n[nH]c(-c2ccc(Br)cc2)n1)N(C1CCCCC1)C1CCS(=O)(=O)C1. The smallest absolute Gasteiger partial charge is 0.233 e. The third-order valence-corrected chi connectivity index (χ3v) is 8.88. The first kappa shape index (κ1) is 21.8. The molecule has 2 aromatic rings. The number of halogens is 1. The van der Waals surface area contributed by atoms with E-state index in [4.69, 9.17) is 0 Å². The van der Waals surface area contributed by atoms with Crippen LogP contribution in [-0.2, 0) is 14.6 Å². The minimum absolute atomic E-state index is 0.0102. The number of nitrogens with one attached hydrogen (secondary N) is 1. The van der Waals surface area contributed by atoms with Crippen molar-refractivity contribution in [2.75, 3.05) is 17.3 Å². The van der Waals surface area contributed by atoms with E-state index in [1.807, 2.05) is 29.2 Å². The van der Waals surface area contributed by atoms with Crippen molar-refractivity contribution in [1.29, 1.82) is 0 Å². The van der Waals surface area contributed by atoms with E-state index in [9.17, 15) is 13.2 Å². The van der Waals surface area contributed by atoms with Crippen molar-refractivity contribution in [2.45, 2.75) is 55.8 Å². The second-order valence-corrected chi connectivity index (χ2v) is 12.0. The molecule has 162 valence electrons. The minimum Gasteiger partial charge on any atom is -0.335 e. The Morgan fingerprint density at radius 3 is 2.53 bits per heavy atom. The molecule has 1 aliphatic carbocycles. The Kier molecular flexibility index (Phi) is 6.84. The summed E-state index contributed by atoms with van der Waals surface area (Å²) in [6.45, 7) is 0. The van der Waals surface area contributed by atoms with Gasteiger partial charge in [0.2, 0.25) is 11.1 Å². The standard InChI is InChI=1S/C20H25BrN4O3S2/c21-15-8-6-14(7-9-15)19-22-20(24-23-19)29-12-18(26)25(16-4-2-1-3-5-16)17-10-11-30(27,28)13-17/h6-9,16-17H,1-5,10-13H2,(H,22,23,24). The lowest BCUT2D eigenvalue weighted by atomic mass is 9.93. The molecule has 2 fully saturated rings. The molecule has 30 heavy (non-hydrogen) atoms. The molecule has 2 aliphatic rings. The summed E-state index contributed by atoms with van der Waals surface area (Å²) in [5, 5.41) is 7.67. The van der Waals surface area contributed by atoms with Crippen LogP contribution in [-0.4, -0.2) is 63.7 Å². The van der Waals surface area contributed by atoms with Crippen molar-refractivity contribution in [3.05, 3.63) is 28.7 Å². The molecule has 0 radical (unpaired) electrons. The molecule has 1 aromatic carbocycles. The molecule has 1 saturated carbocycles. The number of carbonyl (C=O) groups excluding carboxylic acids is 1. The molecular weight excluding hydrogens is 488 g/mol. The van der Waals surface area contributed by atoms with Gasteiger partial charge in [-0.1, -0.05) is 59.1 Å². The number of aromatic amines is 1. The summed E-state index contributed by atoms with van der Waals surface area (Å²) >= 11 is 4.71. The van der Waals surface area contributed by atoms with Gasteiger partial charge in [-0.15, -0.1) is 5.10 Å². The molecule has 1 saturated heterocycles. The summed E-state index contributed by atoms with van der Waals surface area (Å²) in [4.78, 5) is 19.5. The molecule has 1 unspecified atom stereocenters. The summed E-state index contributed by atoms with van der Waals surface area (Å²) < 4.78 is 25.0. The largest absolute Gasteiger partial charge is 0.335 e. The van der Waals surface area contributed by atoms with Gasteiger partial charge in [0, 0.05) is 22.1 Å². The maximum absolute atomic E-state index is 13.2. The number of carbonyl (C=O) groups is 1. The Labute approximate surface area is 189 Å². The number of amides is 1. The maximum atomic E-state index is 13.2. The zero-order chi connectivity index (χ0) is 21.1. The van der Waals surface area contributed by atoms with Crippen molar-refractivity contribution in [3.63, 3.8) is 0 Å². The fourth-order valence-corrected chi connectivity index (χ4v) is 6.95. The molecule has 10 heteroatoms. The number of hydrogen-bond donors (Lipinski definition) is 1. The summed E-state index contributed by atoms with van der Waals surface area (Å²) in [6, 6.07) is 7.70. The normalized spacial score (nSPS) is 21.6. The number of hydrogen-bond acceptors (Lipinski definition) is 6. The van der Waals surface area contributed by atoms with E-state index < -0.39 is 9.84 Å². The fourth-order valence-electron chi connectivity index (χ4n) is 4.31. The van der Waals surface area contributed by atoms with Crippen LogP contribution >= 0.6 is 27.7 Å². The Balaban J connectivity index is 1.43. The van der Waals surface area contributed by atoms with Crippen LogP contribution < -0.4 is 0 Å². The quantitative estimate of drug-likeness (QED) is 0.593. The van der Waals surface area contributed by atoms with Gasteiger partial charge < -0.3 is 4.90 Å². The molecule has 0 spiro atoms. The van der Waals surface area contributed by atoms with Crippen LogP contribution in [0.25, 0.3) is 11.4 Å². The molecule has 7 nitrogen and oxygen atoms in total. The van der Waals surface area contributed by atoms with Gasteiger partial charge in [0.05, 0.1) is 17.3 Å². The van der Waals surface area contributed by atoms with Crippen LogP contribution in [0, 0.1) is 0 Å². The van der Waals surface area contributed by atoms with Gasteiger partial charge in [-0.2, -0.15) is 0 Å². The van der Waals surface area contributed by atoms with Crippen LogP contribution in [0.2, 0.25) is 0 Å². The lowest BCUT2D eigenvalue weighted by Crippen LogP contribution is -2.49. The Morgan fingerprint density at radius 1 is 1.13 bits per heavy atom. The first-order valence-corrected chi connectivity index (χ1v) is 13.8. The molecule has 4 rings (SSSR count). The Morgan fingerprint density at radius 2 is 1.87 bits per heavy atom. The van der Waals surface area contributed by atoms with Gasteiger partial charge in [-0.3, -0.25) is 9.89 Å². The summed E-state index contributed by atoms with van der Waals surface area (Å²) in [5.41, 5.74) is 0.920. The van der Waals surface area contributed by atoms with Gasteiger partial charge in [0.1, 0.15) is 0 Å². The fraction of sp³-hybridized carbons (Fsp3) is 0.550. The van der Waals surface area contributed by atoms with Crippen molar-refractivity contribution in [3.8, 4) is 11.4 Å². The zero-order valence-corrected chi connectivity index (χ0v) is 19.8. The number of thioether (sulfide) groups is 1. The molecule has 1 N–H and O–H groups in total. The van der Waals surface area contributed by atoms with Crippen molar-refractivity contribution in [1.82, 2.24) is 20.1 Å². The Hall–Kier alpha value is -1.39. The average Bonchev–Trinajstić information content (AvgIpc) is 3.34. The molecule has 0 bridgehead atoms. The van der Waals surface area contributed by atoms with E-state index in [1.165, 1.54) is 18.2 Å². The van der Waals surface area contributed by atoms with Crippen LogP contribution in [0.5, 0.6) is 0 Å². The highest BCUT2D eigenvalue weighted by Gasteiger charge is 2.38. The number of sulfone groups is 1. The number of H-pyrrole nitrogens is 1. The lowest BCUT2D eigenvalue weighted by molar-refractivity contribution is -0.133. The lowest BCUT2D eigenvalue weighted by Gasteiger charge is -2.38. The van der Waals surface area contributed by atoms with Crippen LogP contribution in [0.4, 0.5) is 0 Å². The number of nitrogens with zero attached hydrogens (tertiary/aromatic N) is 3. The second kappa shape index (κ2) is 9.40. The number of rotatable bonds is 6. The highest BCUT2D eigenvalue weighted by molar-refractivity contribution is 9.10. The summed E-state index contributed by atoms with van der Waals surface area (Å²) in [6.07, 6.45) is 5.84. The van der Waals surface area contributed by atoms with Gasteiger partial charge in [-0.25, -0.2) is 13.4 Å². The summed E-state index contributed by atoms with van der Waals surface area (Å²) in [7, 11) is -3.04. The zero-order valence-electron chi connectivity index (χ0n) is 16.6. The van der Waals surface area contributed by atoms with Crippen molar-refractivity contribution < 1.29 is 13.2 Å². The molecule has 1 atom stereocenters. The van der Waals surface area contributed by atoms with Gasteiger partial charge >= 0.3 is 0 Å². The topological polar surface area (TPSA) is 96.0 Å². The van der Waals surface area contributed by atoms with Gasteiger partial charge in [-0.05, 0) is 31.4 Å². The van der Waals surface area contributed by atoms with Crippen LogP contribution in [0.1, 0.15) is 38.5 Å². The first-order valence-electron chi connectivity index (χ1n) is 10.2. The molecular formula is C20H25BrN4O3S2. The van der Waals surface area contributed by atoms with E-state index in [1.54, 1.807) is 0 Å². The predicted molar refractivity (Wildman–Crippen MR) is 121 cm³/mol. The predicted octanol–water partition coefficient (Wildman–Crippen LogP) is 3.67. The summed E-state index contributed by atoms with van der Waals surface area (Å²) in [5.74, 6) is 1.13. The van der Waals surface area contributed by atoms with E-state index in [0.717, 1.165) is 35.7 Å². The highest BCUT2D eigenvalue weighted by atomic mass is 79.9.